The highest BCUT2D eigenvalue weighted by atomic mass is 31.2. The van der Waals surface area contributed by atoms with Crippen LogP contribution in [0.25, 0.3) is 0 Å². The molecule has 79 heavy (non-hydrogen) atoms. The predicted molar refractivity (Wildman–Crippen MR) is 342 cm³/mol. The zero-order valence-corrected chi connectivity index (χ0v) is 54.0. The minimum atomic E-state index is -4.45. The number of nitrogens with one attached hydrogen (secondary N) is 1. The summed E-state index contributed by atoms with van der Waals surface area (Å²) >= 11 is 0. The van der Waals surface area contributed by atoms with Crippen LogP contribution in [0.1, 0.15) is 329 Å². The lowest BCUT2D eigenvalue weighted by molar-refractivity contribution is -0.870. The molecule has 0 spiro atoms. The van der Waals surface area contributed by atoms with E-state index in [-0.39, 0.29) is 31.5 Å². The Morgan fingerprint density at radius 1 is 0.443 bits per heavy atom. The first-order chi connectivity index (χ1) is 38.4. The number of esters is 1. The van der Waals surface area contributed by atoms with Gasteiger partial charge in [0.15, 0.2) is 0 Å². The largest absolute Gasteiger partial charge is 0.472 e. The van der Waals surface area contributed by atoms with Crippen LogP contribution < -0.4 is 5.32 Å². The number of quaternary nitrogens is 1. The molecular weight excluding hydrogens is 1000 g/mol. The molecule has 464 valence electrons. The number of amides is 1. The summed E-state index contributed by atoms with van der Waals surface area (Å²) in [6.07, 6.45) is 73.9. The number of likely N-dealkylation sites (N-methyl/N-ethyl adjacent to an activating group) is 1. The molecule has 0 heterocycles. The highest BCUT2D eigenvalue weighted by Crippen LogP contribution is 2.43. The first kappa shape index (κ1) is 77.0. The highest BCUT2D eigenvalue weighted by Gasteiger charge is 2.30. The molecule has 0 radical (unpaired) electrons. The van der Waals surface area contributed by atoms with Gasteiger partial charge < -0.3 is 19.4 Å². The van der Waals surface area contributed by atoms with Crippen molar-refractivity contribution < 1.29 is 37.3 Å². The van der Waals surface area contributed by atoms with Crippen molar-refractivity contribution in [3.8, 4) is 0 Å². The fourth-order valence-electron chi connectivity index (χ4n) is 10.0. The third-order valence-electron chi connectivity index (χ3n) is 15.3. The Labute approximate surface area is 490 Å². The van der Waals surface area contributed by atoms with Gasteiger partial charge in [0, 0.05) is 12.8 Å². The van der Waals surface area contributed by atoms with Crippen molar-refractivity contribution >= 4 is 19.7 Å². The number of rotatable bonds is 62. The van der Waals surface area contributed by atoms with Crippen LogP contribution in [0, 0.1) is 0 Å². The summed E-state index contributed by atoms with van der Waals surface area (Å²) < 4.78 is 30.8. The Hall–Kier alpha value is -2.03. The Bertz CT molecular complexity index is 1490. The molecule has 0 saturated carbocycles. The Balaban J connectivity index is 5.16. The maximum Gasteiger partial charge on any atom is 0.472 e. The quantitative estimate of drug-likeness (QED) is 0.0205. The minimum Gasteiger partial charge on any atom is -0.456 e. The van der Waals surface area contributed by atoms with Crippen LogP contribution in [0.5, 0.6) is 0 Å². The topological polar surface area (TPSA) is 111 Å². The van der Waals surface area contributed by atoms with E-state index in [4.69, 9.17) is 13.8 Å². The van der Waals surface area contributed by atoms with E-state index in [0.29, 0.717) is 17.4 Å². The summed E-state index contributed by atoms with van der Waals surface area (Å²) in [5.74, 6) is -0.494. The first-order valence-electron chi connectivity index (χ1n) is 34.0. The molecular formula is C69H132N2O7P+. The number of allylic oxidation sites excluding steroid dienone is 7. The molecule has 0 rings (SSSR count). The molecule has 10 heteroatoms. The van der Waals surface area contributed by atoms with E-state index in [1.54, 1.807) is 0 Å². The summed E-state index contributed by atoms with van der Waals surface area (Å²) in [7, 11) is 1.51. The van der Waals surface area contributed by atoms with E-state index < -0.39 is 20.0 Å². The van der Waals surface area contributed by atoms with Crippen molar-refractivity contribution in [3.63, 3.8) is 0 Å². The Morgan fingerprint density at radius 3 is 1.18 bits per heavy atom. The standard InChI is InChI=1S/C69H131N2O7P/c1-7-10-13-16-19-22-25-28-30-32-33-34-35-36-37-39-41-44-47-50-53-56-59-62-69(73)78-67(60-57-54-51-48-45-42-27-24-21-18-15-12-9-3)66(65-77-79(74,75)76-64-63-71(4,5)6)70-68(72)61-58-55-52-49-46-43-40-38-31-29-26-23-20-17-14-11-8-2/h19,22,28,30,33-34,57,60,66-67H,7-18,20-21,23-27,29,31-32,35-56,58-59,61-65H2,1-6H3,(H-,70,72,74,75)/p+1/b22-19-,30-28-,34-33-,60-57+. The number of hydrogen-bond acceptors (Lipinski definition) is 6. The van der Waals surface area contributed by atoms with E-state index in [1.807, 2.05) is 33.3 Å². The number of ether oxygens (including phenoxy) is 1. The molecule has 0 aromatic carbocycles. The van der Waals surface area contributed by atoms with Gasteiger partial charge in [0.2, 0.25) is 5.91 Å². The van der Waals surface area contributed by atoms with Crippen molar-refractivity contribution in [2.75, 3.05) is 40.9 Å². The van der Waals surface area contributed by atoms with Crippen LogP contribution in [-0.2, 0) is 27.9 Å². The predicted octanol–water partition coefficient (Wildman–Crippen LogP) is 21.2. The summed E-state index contributed by atoms with van der Waals surface area (Å²) in [5.41, 5.74) is 0. The zero-order chi connectivity index (χ0) is 57.9. The molecule has 3 unspecified atom stereocenters. The number of phosphoric acid groups is 1. The zero-order valence-electron chi connectivity index (χ0n) is 53.1. The second-order valence-corrected chi connectivity index (χ2v) is 25.8. The maximum atomic E-state index is 13.6. The van der Waals surface area contributed by atoms with E-state index in [0.717, 1.165) is 70.6 Å². The smallest absolute Gasteiger partial charge is 0.456 e. The molecule has 3 atom stereocenters. The Morgan fingerprint density at radius 2 is 0.772 bits per heavy atom. The van der Waals surface area contributed by atoms with Gasteiger partial charge in [-0.05, 0) is 70.3 Å². The van der Waals surface area contributed by atoms with Crippen molar-refractivity contribution in [1.82, 2.24) is 5.32 Å². The van der Waals surface area contributed by atoms with Gasteiger partial charge in [-0.1, -0.05) is 294 Å². The number of carbonyl (C=O) groups excluding carboxylic acids is 2. The van der Waals surface area contributed by atoms with Gasteiger partial charge in [0.25, 0.3) is 0 Å². The van der Waals surface area contributed by atoms with E-state index in [2.05, 4.69) is 62.5 Å². The van der Waals surface area contributed by atoms with Crippen LogP contribution in [-0.4, -0.2) is 74.3 Å². The molecule has 0 aliphatic carbocycles. The molecule has 0 aliphatic heterocycles. The third kappa shape index (κ3) is 60.4. The van der Waals surface area contributed by atoms with Crippen LogP contribution in [0.2, 0.25) is 0 Å². The normalized spacial score (nSPS) is 13.9. The van der Waals surface area contributed by atoms with Crippen molar-refractivity contribution in [1.29, 1.82) is 0 Å². The van der Waals surface area contributed by atoms with Gasteiger partial charge in [-0.2, -0.15) is 0 Å². The lowest BCUT2D eigenvalue weighted by Crippen LogP contribution is -2.47. The number of phosphoric ester groups is 1. The SMILES string of the molecule is CCCCC/C=C\C/C=C\C/C=C\CCCCCCCCCCCCC(=O)OC(/C=C/CCCCCCCCCCCCC)C(COP(=O)(O)OCC[N+](C)(C)C)NC(=O)CCCCCCCCCCCCCCCCCCC. The van der Waals surface area contributed by atoms with E-state index >= 15 is 0 Å². The van der Waals surface area contributed by atoms with Crippen LogP contribution in [0.4, 0.5) is 0 Å². The monoisotopic (exact) mass is 1130 g/mol. The second-order valence-electron chi connectivity index (χ2n) is 24.4. The lowest BCUT2D eigenvalue weighted by atomic mass is 10.0. The number of nitrogens with zero attached hydrogens (tertiary/aromatic N) is 1. The lowest BCUT2D eigenvalue weighted by Gasteiger charge is -2.27. The fourth-order valence-corrected chi connectivity index (χ4v) is 10.7. The van der Waals surface area contributed by atoms with Crippen LogP contribution in [0.15, 0.2) is 48.6 Å². The van der Waals surface area contributed by atoms with Crippen LogP contribution >= 0.6 is 7.82 Å². The number of hydrogen-bond donors (Lipinski definition) is 2. The summed E-state index contributed by atoms with van der Waals surface area (Å²) in [6.45, 7) is 7.03. The van der Waals surface area contributed by atoms with Gasteiger partial charge >= 0.3 is 13.8 Å². The molecule has 1 amide bonds. The molecule has 0 fully saturated rings. The molecule has 2 N–H and O–H groups in total. The molecule has 0 saturated heterocycles. The van der Waals surface area contributed by atoms with Gasteiger partial charge in [-0.3, -0.25) is 18.6 Å². The van der Waals surface area contributed by atoms with Crippen LogP contribution in [0.3, 0.4) is 0 Å². The average Bonchev–Trinajstić information content (AvgIpc) is 3.41. The second kappa shape index (κ2) is 59.1. The van der Waals surface area contributed by atoms with Gasteiger partial charge in [-0.15, -0.1) is 0 Å². The van der Waals surface area contributed by atoms with Crippen molar-refractivity contribution in [2.24, 2.45) is 0 Å². The van der Waals surface area contributed by atoms with Gasteiger partial charge in [0.05, 0.1) is 33.8 Å². The van der Waals surface area contributed by atoms with Crippen molar-refractivity contribution in [2.45, 2.75) is 341 Å². The number of carbonyl (C=O) groups is 2. The molecule has 0 aromatic heterocycles. The summed E-state index contributed by atoms with van der Waals surface area (Å²) in [4.78, 5) is 37.8. The summed E-state index contributed by atoms with van der Waals surface area (Å²) in [6, 6.07) is -0.848. The number of unbranched alkanes of at least 4 members (excludes halogenated alkanes) is 40. The Kier molecular flexibility index (Phi) is 57.6. The summed E-state index contributed by atoms with van der Waals surface area (Å²) in [5, 5.41) is 3.07. The third-order valence-corrected chi connectivity index (χ3v) is 16.3. The first-order valence-corrected chi connectivity index (χ1v) is 35.5. The highest BCUT2D eigenvalue weighted by molar-refractivity contribution is 7.47. The van der Waals surface area contributed by atoms with E-state index in [9.17, 15) is 19.0 Å². The maximum absolute atomic E-state index is 13.6. The molecule has 0 aliphatic rings. The minimum absolute atomic E-state index is 0.0413. The molecule has 0 aromatic rings. The van der Waals surface area contributed by atoms with Crippen molar-refractivity contribution in [3.05, 3.63) is 48.6 Å². The fraction of sp³-hybridized carbons (Fsp3) is 0.855. The van der Waals surface area contributed by atoms with Gasteiger partial charge in [0.1, 0.15) is 19.3 Å². The average molecular weight is 1130 g/mol. The molecule has 0 bridgehead atoms. The van der Waals surface area contributed by atoms with E-state index in [1.165, 1.54) is 225 Å². The van der Waals surface area contributed by atoms with Gasteiger partial charge in [-0.25, -0.2) is 4.57 Å². The molecule has 9 nitrogen and oxygen atoms in total.